The van der Waals surface area contributed by atoms with Gasteiger partial charge in [0.25, 0.3) is 11.1 Å². The number of thioether (sulfide) groups is 1. The lowest BCUT2D eigenvalue weighted by Gasteiger charge is -2.25. The van der Waals surface area contributed by atoms with E-state index < -0.39 is 40.5 Å². The molecule has 0 radical (unpaired) electrons. The summed E-state index contributed by atoms with van der Waals surface area (Å²) in [6.07, 6.45) is 10.4. The van der Waals surface area contributed by atoms with Crippen molar-refractivity contribution < 1.29 is 22.6 Å². The van der Waals surface area contributed by atoms with Gasteiger partial charge in [0, 0.05) is 78.8 Å². The maximum Gasteiger partial charge on any atom is 0.332 e. The van der Waals surface area contributed by atoms with E-state index in [1.807, 2.05) is 56.9 Å². The molecule has 4 heterocycles. The van der Waals surface area contributed by atoms with Crippen molar-refractivity contribution in [3.05, 3.63) is 134 Å². The number of nitrogens with one attached hydrogen (secondary N) is 1. The number of likely N-dealkylation sites (N-methyl/N-ethyl adjacent to an activating group) is 2. The summed E-state index contributed by atoms with van der Waals surface area (Å²) in [5.41, 5.74) is 3.76. The van der Waals surface area contributed by atoms with Crippen LogP contribution in [0.15, 0.2) is 99.4 Å². The van der Waals surface area contributed by atoms with Gasteiger partial charge in [0.15, 0.2) is 5.65 Å². The smallest absolute Gasteiger partial charge is 0.312 e. The number of fused-ring (bicyclic) bond motifs is 3. The van der Waals surface area contributed by atoms with Crippen molar-refractivity contribution in [2.24, 2.45) is 42.3 Å². The highest BCUT2D eigenvalue weighted by Gasteiger charge is 2.28. The van der Waals surface area contributed by atoms with Crippen molar-refractivity contribution in [1.82, 2.24) is 47.2 Å². The van der Waals surface area contributed by atoms with Gasteiger partial charge in [-0.05, 0) is 101 Å². The summed E-state index contributed by atoms with van der Waals surface area (Å²) in [6, 6.07) is 17.7. The Labute approximate surface area is 467 Å². The average Bonchev–Trinajstić information content (AvgIpc) is 4.14. The van der Waals surface area contributed by atoms with Gasteiger partial charge in [-0.1, -0.05) is 62.1 Å². The number of benzene rings is 3. The Morgan fingerprint density at radius 2 is 1.34 bits per heavy atom. The van der Waals surface area contributed by atoms with Crippen LogP contribution in [0.25, 0.3) is 33.0 Å². The minimum Gasteiger partial charge on any atom is -0.312 e. The number of carbonyl (C=O) groups excluding carboxylic acids is 2. The van der Waals surface area contributed by atoms with Crippen molar-refractivity contribution in [1.29, 1.82) is 0 Å². The summed E-state index contributed by atoms with van der Waals surface area (Å²) >= 11 is 1.24. The van der Waals surface area contributed by atoms with Gasteiger partial charge in [-0.3, -0.25) is 51.7 Å². The summed E-state index contributed by atoms with van der Waals surface area (Å²) in [6.45, 7) is 7.31. The molecule has 0 saturated heterocycles. The highest BCUT2D eigenvalue weighted by atomic mass is 32.2. The fraction of sp³-hybridized carbons (Fsp3) is 0.455. The van der Waals surface area contributed by atoms with E-state index in [2.05, 4.69) is 15.4 Å². The standard InChI is InChI=1S/C22H26N4O5S.C17H24N3O3P.C16H20N4O3S/c1-6-26(16-9-7-8-15(2)12-16)20(27)14-23(3)32(30,31)17-10-11-18-19(13-17)25(5)22(29)21(28)24(18)4;1-19-15-10-9-13(11-14(15)16(21)20(2)17(19)22)24(3)23-18-12-7-5-4-6-8-12;1-9(21)8-24-14-11-13(19(2)16(23)20(3)15(11)22)17-12(18-14)10-6-4-5-7-10/h7-13H,6,14H2,1-5H3;9-12,18H,4-8H2,1-3H3;10H,4-8H2,1-3H3. The molecule has 80 heavy (non-hydrogen) atoms. The third kappa shape index (κ3) is 13.1. The van der Waals surface area contributed by atoms with Crippen LogP contribution < -0.4 is 49.3 Å². The number of amides is 1. The minimum absolute atomic E-state index is 0.0100. The molecule has 25 heteroatoms. The molecule has 0 bridgehead atoms. The number of hydrogen-bond acceptors (Lipinski definition) is 15. The van der Waals surface area contributed by atoms with Gasteiger partial charge in [0.05, 0.1) is 47.3 Å². The van der Waals surface area contributed by atoms with Gasteiger partial charge in [0.1, 0.15) is 22.0 Å². The number of nitrogens with zero attached hydrogens (tertiary/aromatic N) is 10. The second kappa shape index (κ2) is 25.8. The number of aryl methyl sites for hydroxylation is 5. The van der Waals surface area contributed by atoms with E-state index in [0.717, 1.165) is 67.4 Å². The third-order valence-electron chi connectivity index (χ3n) is 14.7. The molecule has 3 aromatic carbocycles. The highest BCUT2D eigenvalue weighted by molar-refractivity contribution is 8.00. The van der Waals surface area contributed by atoms with Crippen LogP contribution in [0.3, 0.4) is 0 Å². The lowest BCUT2D eigenvalue weighted by Crippen LogP contribution is -2.41. The predicted molar refractivity (Wildman–Crippen MR) is 314 cm³/mol. The van der Waals surface area contributed by atoms with E-state index in [4.69, 9.17) is 4.62 Å². The quantitative estimate of drug-likeness (QED) is 0.0523. The van der Waals surface area contributed by atoms with Crippen LogP contribution in [0.5, 0.6) is 0 Å². The number of ketones is 1. The van der Waals surface area contributed by atoms with Gasteiger partial charge in [-0.25, -0.2) is 28.0 Å². The first-order chi connectivity index (χ1) is 37.9. The Morgan fingerprint density at radius 1 is 0.725 bits per heavy atom. The summed E-state index contributed by atoms with van der Waals surface area (Å²) < 4.78 is 40.6. The molecule has 1 N–H and O–H groups in total. The van der Waals surface area contributed by atoms with E-state index in [9.17, 15) is 46.8 Å². The van der Waals surface area contributed by atoms with Gasteiger partial charge in [0.2, 0.25) is 15.9 Å². The van der Waals surface area contributed by atoms with Gasteiger partial charge in [-0.15, -0.1) is 0 Å². The second-order valence-corrected chi connectivity index (χ2v) is 25.0. The van der Waals surface area contributed by atoms with Crippen LogP contribution in [-0.4, -0.2) is 100 Å². The first-order valence-electron chi connectivity index (χ1n) is 26.4. The largest absolute Gasteiger partial charge is 0.332 e. The Bertz CT molecular complexity index is 4010. The summed E-state index contributed by atoms with van der Waals surface area (Å²) in [5, 5.41) is 2.34. The van der Waals surface area contributed by atoms with Crippen LogP contribution >= 0.6 is 19.9 Å². The maximum atomic E-state index is 13.2. The number of rotatable bonds is 14. The maximum absolute atomic E-state index is 13.2. The first kappa shape index (κ1) is 60.9. The Hall–Kier alpha value is -6.69. The molecule has 22 nitrogen and oxygen atoms in total. The molecule has 2 aliphatic carbocycles. The van der Waals surface area contributed by atoms with Gasteiger partial charge >= 0.3 is 22.5 Å². The molecule has 7 aromatic rings. The fourth-order valence-electron chi connectivity index (χ4n) is 9.85. The molecule has 428 valence electrons. The van der Waals surface area contributed by atoms with Crippen LogP contribution in [0.2, 0.25) is 0 Å². The van der Waals surface area contributed by atoms with Crippen LogP contribution in [0.1, 0.15) is 88.9 Å². The molecule has 0 spiro atoms. The zero-order valence-corrected chi connectivity index (χ0v) is 49.7. The molecule has 9 rings (SSSR count). The minimum atomic E-state index is -4.03. The summed E-state index contributed by atoms with van der Waals surface area (Å²) in [5.74, 6) is 0.817. The Balaban J connectivity index is 0.000000176. The molecule has 1 unspecified atom stereocenters. The van der Waals surface area contributed by atoms with E-state index >= 15 is 0 Å². The lowest BCUT2D eigenvalue weighted by molar-refractivity contribution is -0.118. The molecule has 2 fully saturated rings. The van der Waals surface area contributed by atoms with Crippen molar-refractivity contribution in [2.75, 3.05) is 37.5 Å². The van der Waals surface area contributed by atoms with E-state index in [1.54, 1.807) is 20.2 Å². The Morgan fingerprint density at radius 3 is 1.98 bits per heavy atom. The van der Waals surface area contributed by atoms with Crippen molar-refractivity contribution in [2.45, 2.75) is 100 Å². The molecule has 2 saturated carbocycles. The van der Waals surface area contributed by atoms with Gasteiger partial charge in [-0.2, -0.15) is 9.79 Å². The molecular formula is C55H70N11O11PS2. The zero-order valence-electron chi connectivity index (χ0n) is 47.1. The van der Waals surface area contributed by atoms with E-state index in [0.29, 0.717) is 62.1 Å². The first-order valence-corrected chi connectivity index (χ1v) is 30.5. The normalized spacial score (nSPS) is 14.5. The van der Waals surface area contributed by atoms with Crippen LogP contribution in [-0.2, 0) is 66.5 Å². The summed E-state index contributed by atoms with van der Waals surface area (Å²) in [7, 11) is 5.55. The van der Waals surface area contributed by atoms with Crippen LogP contribution in [0.4, 0.5) is 5.69 Å². The second-order valence-electron chi connectivity index (χ2n) is 20.3. The van der Waals surface area contributed by atoms with E-state index in [-0.39, 0.29) is 46.1 Å². The van der Waals surface area contributed by atoms with E-state index in [1.165, 1.54) is 110 Å². The van der Waals surface area contributed by atoms with Crippen molar-refractivity contribution in [3.8, 4) is 0 Å². The van der Waals surface area contributed by atoms with Crippen molar-refractivity contribution in [3.63, 3.8) is 0 Å². The predicted octanol–water partition coefficient (Wildman–Crippen LogP) is 4.33. The highest BCUT2D eigenvalue weighted by Crippen LogP contribution is 2.35. The lowest BCUT2D eigenvalue weighted by atomic mass is 9.96. The SMILES string of the molecule is CC(=O)CSc1nc(C2CCCC2)nc2c1c(=O)n(C)c(=O)n2C.CCN(C(=O)CN(C)S(=O)(=O)c1ccc2c(c1)n(C)c(=O)c(=O)n2C)c1cccc(C)c1.Cn1c(=O)c2cc(P(C)ONC3CCCCC3)ccc2n(C)c1=O. The number of Topliss-reactive ketones (excluding diaryl/α,β-unsaturated/α-hetero) is 1. The monoisotopic (exact) mass is 1160 g/mol. The number of sulfonamides is 1. The van der Waals surface area contributed by atoms with Gasteiger partial charge < -0.3 is 14.0 Å². The topological polar surface area (TPSA) is 254 Å². The average molecular weight is 1160 g/mol. The molecule has 1 atom stereocenters. The molecular weight excluding hydrogens is 1090 g/mol. The number of anilines is 1. The molecule has 0 aliphatic heterocycles. The number of hydroxylamine groups is 1. The molecule has 4 aromatic heterocycles. The molecule has 1 amide bonds. The fourth-order valence-corrected chi connectivity index (χ4v) is 12.8. The number of hydrogen-bond donors (Lipinski definition) is 1. The number of aromatic nitrogens is 8. The third-order valence-corrected chi connectivity index (χ3v) is 19.0. The van der Waals surface area contributed by atoms with Crippen LogP contribution in [0, 0.1) is 6.92 Å². The molecule has 2 aliphatic rings. The summed E-state index contributed by atoms with van der Waals surface area (Å²) in [4.78, 5) is 108. The van der Waals surface area contributed by atoms with Crippen molar-refractivity contribution >= 4 is 85.6 Å². The number of carbonyl (C=O) groups is 2. The Kier molecular flexibility index (Phi) is 19.7. The zero-order chi connectivity index (χ0) is 58.5.